The Bertz CT molecular complexity index is 644. The Hall–Kier alpha value is -1.19. The predicted octanol–water partition coefficient (Wildman–Crippen LogP) is 0.486. The Kier molecular flexibility index (Phi) is 8.81. The van der Waals surface area contributed by atoms with Gasteiger partial charge in [-0.1, -0.05) is 17.7 Å². The molecule has 1 heterocycles. The van der Waals surface area contributed by atoms with Crippen LogP contribution in [-0.2, 0) is 19.6 Å². The van der Waals surface area contributed by atoms with Gasteiger partial charge in [-0.15, -0.1) is 12.4 Å². The lowest BCUT2D eigenvalue weighted by molar-refractivity contribution is -0.131. The zero-order valence-corrected chi connectivity index (χ0v) is 16.2. The fourth-order valence-electron chi connectivity index (χ4n) is 2.52. The van der Waals surface area contributed by atoms with E-state index in [4.69, 9.17) is 4.74 Å². The minimum Gasteiger partial charge on any atom is -0.383 e. The van der Waals surface area contributed by atoms with Gasteiger partial charge in [-0.25, -0.2) is 8.42 Å². The Morgan fingerprint density at radius 1 is 1.16 bits per heavy atom. The molecule has 0 spiro atoms. The average Bonchev–Trinajstić information content (AvgIpc) is 2.59. The lowest BCUT2D eigenvalue weighted by Gasteiger charge is -2.34. The van der Waals surface area contributed by atoms with Crippen LogP contribution in [0.3, 0.4) is 0 Å². The summed E-state index contributed by atoms with van der Waals surface area (Å²) in [5.41, 5.74) is 1.02. The van der Waals surface area contributed by atoms with E-state index in [9.17, 15) is 13.2 Å². The Morgan fingerprint density at radius 3 is 2.32 bits per heavy atom. The summed E-state index contributed by atoms with van der Waals surface area (Å²) in [6.07, 6.45) is 0. The highest BCUT2D eigenvalue weighted by atomic mass is 35.5. The van der Waals surface area contributed by atoms with Crippen molar-refractivity contribution in [1.29, 1.82) is 0 Å². The summed E-state index contributed by atoms with van der Waals surface area (Å²) < 4.78 is 31.6. The Morgan fingerprint density at radius 2 is 1.76 bits per heavy atom. The lowest BCUT2D eigenvalue weighted by Crippen LogP contribution is -2.52. The van der Waals surface area contributed by atoms with Crippen molar-refractivity contribution in [3.8, 4) is 0 Å². The molecule has 1 saturated heterocycles. The van der Waals surface area contributed by atoms with Gasteiger partial charge >= 0.3 is 0 Å². The van der Waals surface area contributed by atoms with E-state index in [0.29, 0.717) is 44.2 Å². The van der Waals surface area contributed by atoms with Gasteiger partial charge in [-0.05, 0) is 19.1 Å². The highest BCUT2D eigenvalue weighted by Gasteiger charge is 2.29. The second-order valence-corrected chi connectivity index (χ2v) is 7.71. The number of halogens is 1. The standard InChI is InChI=1S/C16H25N3O4S.ClH/c1-14-3-5-15(6-4-14)24(21,22)19-10-8-18(9-11-19)16(20)13-17-7-12-23-2;/h3-6,17H,7-13H2,1-2H3;1H. The van der Waals surface area contributed by atoms with Gasteiger partial charge in [-0.2, -0.15) is 4.31 Å². The maximum Gasteiger partial charge on any atom is 0.243 e. The summed E-state index contributed by atoms with van der Waals surface area (Å²) in [7, 11) is -1.88. The number of rotatable bonds is 7. The minimum absolute atomic E-state index is 0. The van der Waals surface area contributed by atoms with Gasteiger partial charge in [0, 0.05) is 39.8 Å². The van der Waals surface area contributed by atoms with E-state index in [2.05, 4.69) is 5.32 Å². The van der Waals surface area contributed by atoms with E-state index in [1.807, 2.05) is 6.92 Å². The van der Waals surface area contributed by atoms with Gasteiger partial charge in [0.1, 0.15) is 0 Å². The molecule has 1 aliphatic rings. The van der Waals surface area contributed by atoms with Gasteiger partial charge in [0.05, 0.1) is 18.0 Å². The first-order valence-electron chi connectivity index (χ1n) is 7.99. The van der Waals surface area contributed by atoms with Crippen LogP contribution in [0.25, 0.3) is 0 Å². The average molecular weight is 392 g/mol. The summed E-state index contributed by atoms with van der Waals surface area (Å²) in [6.45, 7) is 4.79. The van der Waals surface area contributed by atoms with Gasteiger partial charge in [0.2, 0.25) is 15.9 Å². The normalized spacial score (nSPS) is 15.7. The first-order valence-corrected chi connectivity index (χ1v) is 9.43. The first kappa shape index (κ1) is 21.9. The van der Waals surface area contributed by atoms with Gasteiger partial charge < -0.3 is 15.0 Å². The summed E-state index contributed by atoms with van der Waals surface area (Å²) in [4.78, 5) is 14.1. The minimum atomic E-state index is -3.49. The van der Waals surface area contributed by atoms with Gasteiger partial charge in [0.15, 0.2) is 0 Å². The predicted molar refractivity (Wildman–Crippen MR) is 98.5 cm³/mol. The van der Waals surface area contributed by atoms with Crippen molar-refractivity contribution in [2.75, 3.05) is 53.0 Å². The number of benzene rings is 1. The highest BCUT2D eigenvalue weighted by molar-refractivity contribution is 7.89. The number of nitrogens with one attached hydrogen (secondary N) is 1. The molecule has 0 unspecified atom stereocenters. The van der Waals surface area contributed by atoms with Crippen molar-refractivity contribution < 1.29 is 17.9 Å². The number of aryl methyl sites for hydroxylation is 1. The molecular formula is C16H26ClN3O4S. The molecule has 142 valence electrons. The smallest absolute Gasteiger partial charge is 0.243 e. The number of ether oxygens (including phenoxy) is 1. The Labute approximate surface area is 155 Å². The second-order valence-electron chi connectivity index (χ2n) is 5.77. The van der Waals surface area contributed by atoms with Gasteiger partial charge in [-0.3, -0.25) is 4.79 Å². The number of methoxy groups -OCH3 is 1. The van der Waals surface area contributed by atoms with Crippen LogP contribution < -0.4 is 5.32 Å². The maximum atomic E-state index is 12.6. The molecule has 9 heteroatoms. The molecular weight excluding hydrogens is 366 g/mol. The Balaban J connectivity index is 0.00000312. The number of carbonyl (C=O) groups excluding carboxylic acids is 1. The van der Waals surface area contributed by atoms with Crippen molar-refractivity contribution in [3.05, 3.63) is 29.8 Å². The molecule has 1 aromatic rings. The maximum absolute atomic E-state index is 12.6. The van der Waals surface area contributed by atoms with E-state index in [0.717, 1.165) is 5.56 Å². The number of amides is 1. The van der Waals surface area contributed by atoms with Crippen molar-refractivity contribution >= 4 is 28.3 Å². The third-order valence-electron chi connectivity index (χ3n) is 4.01. The fraction of sp³-hybridized carbons (Fsp3) is 0.562. The number of hydrogen-bond acceptors (Lipinski definition) is 5. The molecule has 1 N–H and O–H groups in total. The highest BCUT2D eigenvalue weighted by Crippen LogP contribution is 2.18. The SMILES string of the molecule is COCCNCC(=O)N1CCN(S(=O)(=O)c2ccc(C)cc2)CC1.Cl. The third kappa shape index (κ3) is 5.93. The monoisotopic (exact) mass is 391 g/mol. The molecule has 1 fully saturated rings. The number of hydrogen-bond donors (Lipinski definition) is 1. The van der Waals surface area contributed by atoms with Crippen LogP contribution in [0.4, 0.5) is 0 Å². The third-order valence-corrected chi connectivity index (χ3v) is 5.92. The number of piperazine rings is 1. The molecule has 0 bridgehead atoms. The number of sulfonamides is 1. The van der Waals surface area contributed by atoms with Crippen molar-refractivity contribution in [2.45, 2.75) is 11.8 Å². The van der Waals surface area contributed by atoms with Crippen molar-refractivity contribution in [1.82, 2.24) is 14.5 Å². The zero-order chi connectivity index (χ0) is 17.6. The lowest BCUT2D eigenvalue weighted by atomic mass is 10.2. The largest absolute Gasteiger partial charge is 0.383 e. The molecule has 0 atom stereocenters. The van der Waals surface area contributed by atoms with E-state index in [1.54, 1.807) is 36.3 Å². The van der Waals surface area contributed by atoms with Crippen molar-refractivity contribution in [2.24, 2.45) is 0 Å². The van der Waals surface area contributed by atoms with Crippen LogP contribution in [0.5, 0.6) is 0 Å². The van der Waals surface area contributed by atoms with Crippen LogP contribution >= 0.6 is 12.4 Å². The molecule has 0 aromatic heterocycles. The summed E-state index contributed by atoms with van der Waals surface area (Å²) >= 11 is 0. The molecule has 25 heavy (non-hydrogen) atoms. The topological polar surface area (TPSA) is 79.0 Å². The number of nitrogens with zero attached hydrogens (tertiary/aromatic N) is 2. The van der Waals surface area contributed by atoms with Crippen LogP contribution in [0.15, 0.2) is 29.2 Å². The molecule has 1 aliphatic heterocycles. The van der Waals surface area contributed by atoms with Crippen LogP contribution in [0, 0.1) is 6.92 Å². The first-order chi connectivity index (χ1) is 11.4. The van der Waals surface area contributed by atoms with Gasteiger partial charge in [0.25, 0.3) is 0 Å². The van der Waals surface area contributed by atoms with E-state index >= 15 is 0 Å². The molecule has 2 rings (SSSR count). The van der Waals surface area contributed by atoms with E-state index in [-0.39, 0.29) is 24.9 Å². The quantitative estimate of drug-likeness (QED) is 0.684. The second kappa shape index (κ2) is 10.1. The van der Waals surface area contributed by atoms with Crippen LogP contribution in [-0.4, -0.2) is 76.5 Å². The summed E-state index contributed by atoms with van der Waals surface area (Å²) in [5.74, 6) is -0.0153. The van der Waals surface area contributed by atoms with Crippen molar-refractivity contribution in [3.63, 3.8) is 0 Å². The van der Waals surface area contributed by atoms with Crippen LogP contribution in [0.2, 0.25) is 0 Å². The molecule has 0 radical (unpaired) electrons. The van der Waals surface area contributed by atoms with E-state index in [1.165, 1.54) is 4.31 Å². The number of carbonyl (C=O) groups is 1. The fourth-order valence-corrected chi connectivity index (χ4v) is 3.94. The molecule has 1 amide bonds. The molecule has 0 saturated carbocycles. The zero-order valence-electron chi connectivity index (χ0n) is 14.6. The summed E-state index contributed by atoms with van der Waals surface area (Å²) in [6, 6.07) is 6.83. The molecule has 0 aliphatic carbocycles. The molecule has 7 nitrogen and oxygen atoms in total. The molecule has 1 aromatic carbocycles. The summed E-state index contributed by atoms with van der Waals surface area (Å²) in [5, 5.41) is 3.01. The van der Waals surface area contributed by atoms with Crippen LogP contribution in [0.1, 0.15) is 5.56 Å². The van der Waals surface area contributed by atoms with E-state index < -0.39 is 10.0 Å².